The molecule has 0 saturated heterocycles. The molecule has 0 saturated carbocycles. The number of halogens is 2. The Labute approximate surface area is 150 Å². The van der Waals surface area contributed by atoms with Crippen LogP contribution in [-0.2, 0) is 16.3 Å². The van der Waals surface area contributed by atoms with Crippen molar-refractivity contribution in [2.24, 2.45) is 0 Å². The summed E-state index contributed by atoms with van der Waals surface area (Å²) in [5.41, 5.74) is 1.89. The molecular weight excluding hydrogens is 371 g/mol. The molecule has 24 heavy (non-hydrogen) atoms. The van der Waals surface area contributed by atoms with Gasteiger partial charge in [-0.2, -0.15) is 0 Å². The van der Waals surface area contributed by atoms with Crippen molar-refractivity contribution < 1.29 is 13.2 Å². The van der Waals surface area contributed by atoms with Crippen molar-refractivity contribution in [3.8, 4) is 0 Å². The maximum atomic E-state index is 12.8. The molecule has 0 unspecified atom stereocenters. The van der Waals surface area contributed by atoms with Crippen molar-refractivity contribution >= 4 is 44.6 Å². The fraction of sp³-hybridized carbons (Fsp3) is 0.250. The molecule has 1 aromatic carbocycles. The molecule has 2 heterocycles. The van der Waals surface area contributed by atoms with E-state index in [4.69, 9.17) is 23.2 Å². The molecule has 0 aliphatic carbocycles. The smallest absolute Gasteiger partial charge is 0.259 e. The Balaban J connectivity index is 2.00. The molecule has 0 bridgehead atoms. The summed E-state index contributed by atoms with van der Waals surface area (Å²) in [6.07, 6.45) is 4.03. The molecule has 0 spiro atoms. The number of hydrogen-bond donors (Lipinski definition) is 0. The predicted octanol–water partition coefficient (Wildman–Crippen LogP) is 3.38. The fourth-order valence-electron chi connectivity index (χ4n) is 2.71. The second kappa shape index (κ2) is 6.35. The number of aromatic nitrogens is 1. The van der Waals surface area contributed by atoms with Crippen LogP contribution >= 0.6 is 23.2 Å². The summed E-state index contributed by atoms with van der Waals surface area (Å²) in [7, 11) is -3.28. The summed E-state index contributed by atoms with van der Waals surface area (Å²) >= 11 is 11.7. The Kier molecular flexibility index (Phi) is 4.55. The summed E-state index contributed by atoms with van der Waals surface area (Å²) in [6.45, 7) is 0.546. The van der Waals surface area contributed by atoms with E-state index in [1.165, 1.54) is 24.6 Å². The molecule has 0 atom stereocenters. The van der Waals surface area contributed by atoms with Crippen LogP contribution in [0.4, 0.5) is 5.69 Å². The van der Waals surface area contributed by atoms with E-state index in [2.05, 4.69) is 4.98 Å². The Morgan fingerprint density at radius 2 is 2.00 bits per heavy atom. The number of benzene rings is 1. The minimum absolute atomic E-state index is 0.144. The lowest BCUT2D eigenvalue weighted by molar-refractivity contribution is 0.0984. The van der Waals surface area contributed by atoms with Gasteiger partial charge in [-0.3, -0.25) is 4.79 Å². The third-order valence-electron chi connectivity index (χ3n) is 3.89. The second-order valence-electron chi connectivity index (χ2n) is 5.62. The Hall–Kier alpha value is -1.63. The van der Waals surface area contributed by atoms with Crippen molar-refractivity contribution in [3.05, 3.63) is 51.8 Å². The largest absolute Gasteiger partial charge is 0.308 e. The number of sulfone groups is 1. The number of carbonyl (C=O) groups is 1. The highest BCUT2D eigenvalue weighted by Crippen LogP contribution is 2.31. The van der Waals surface area contributed by atoms with Crippen molar-refractivity contribution in [1.82, 2.24) is 4.98 Å². The van der Waals surface area contributed by atoms with Gasteiger partial charge in [-0.15, -0.1) is 0 Å². The van der Waals surface area contributed by atoms with Gasteiger partial charge in [0.2, 0.25) is 0 Å². The van der Waals surface area contributed by atoms with Gasteiger partial charge in [0.05, 0.1) is 15.5 Å². The van der Waals surface area contributed by atoms with Crippen LogP contribution in [0.2, 0.25) is 10.2 Å². The van der Waals surface area contributed by atoms with Gasteiger partial charge in [0.25, 0.3) is 5.91 Å². The van der Waals surface area contributed by atoms with Crippen molar-refractivity contribution in [3.63, 3.8) is 0 Å². The molecule has 126 valence electrons. The van der Waals surface area contributed by atoms with Gasteiger partial charge in [-0.05, 0) is 42.7 Å². The molecule has 0 N–H and O–H groups in total. The maximum absolute atomic E-state index is 12.8. The van der Waals surface area contributed by atoms with E-state index in [1.807, 2.05) is 0 Å². The van der Waals surface area contributed by atoms with Crippen LogP contribution in [0.5, 0.6) is 0 Å². The average Bonchev–Trinajstić information content (AvgIpc) is 2.55. The van der Waals surface area contributed by atoms with Gasteiger partial charge >= 0.3 is 0 Å². The first kappa shape index (κ1) is 17.2. The monoisotopic (exact) mass is 384 g/mol. The first-order valence-electron chi connectivity index (χ1n) is 7.23. The molecule has 1 amide bonds. The number of aryl methyl sites for hydroxylation is 1. The van der Waals surface area contributed by atoms with Crippen LogP contribution in [0.1, 0.15) is 22.3 Å². The van der Waals surface area contributed by atoms with Gasteiger partial charge in [-0.1, -0.05) is 23.2 Å². The molecule has 3 rings (SSSR count). The van der Waals surface area contributed by atoms with Crippen LogP contribution < -0.4 is 4.90 Å². The van der Waals surface area contributed by atoms with E-state index in [0.29, 0.717) is 17.8 Å². The molecule has 1 aliphatic heterocycles. The highest BCUT2D eigenvalue weighted by Gasteiger charge is 2.25. The Bertz CT molecular complexity index is 929. The van der Waals surface area contributed by atoms with Gasteiger partial charge in [0.1, 0.15) is 5.15 Å². The first-order valence-corrected chi connectivity index (χ1v) is 9.88. The zero-order valence-corrected chi connectivity index (χ0v) is 15.1. The van der Waals surface area contributed by atoms with Crippen molar-refractivity contribution in [1.29, 1.82) is 0 Å². The van der Waals surface area contributed by atoms with Crippen molar-refractivity contribution in [2.75, 3.05) is 17.7 Å². The minimum Gasteiger partial charge on any atom is -0.308 e. The van der Waals surface area contributed by atoms with E-state index in [-0.39, 0.29) is 21.0 Å². The van der Waals surface area contributed by atoms with Gasteiger partial charge in [-0.25, -0.2) is 13.4 Å². The summed E-state index contributed by atoms with van der Waals surface area (Å²) in [4.78, 5) is 18.6. The number of pyridine rings is 1. The summed E-state index contributed by atoms with van der Waals surface area (Å²) in [5, 5.41) is 0.359. The SMILES string of the molecule is CS(=O)(=O)c1ccc2c(c1)CCCN2C(=O)c1cnc(Cl)c(Cl)c1. The zero-order chi connectivity index (χ0) is 17.5. The van der Waals surface area contributed by atoms with E-state index >= 15 is 0 Å². The molecule has 0 fully saturated rings. The summed E-state index contributed by atoms with van der Waals surface area (Å²) in [6, 6.07) is 6.32. The number of anilines is 1. The topological polar surface area (TPSA) is 67.3 Å². The van der Waals surface area contributed by atoms with Crippen LogP contribution in [0.3, 0.4) is 0 Å². The third kappa shape index (κ3) is 3.27. The Morgan fingerprint density at radius 1 is 1.25 bits per heavy atom. The highest BCUT2D eigenvalue weighted by atomic mass is 35.5. The zero-order valence-electron chi connectivity index (χ0n) is 12.8. The predicted molar refractivity (Wildman–Crippen MR) is 93.8 cm³/mol. The van der Waals surface area contributed by atoms with E-state index in [1.54, 1.807) is 17.0 Å². The summed E-state index contributed by atoms with van der Waals surface area (Å²) in [5.74, 6) is -0.242. The number of nitrogens with zero attached hydrogens (tertiary/aromatic N) is 2. The van der Waals surface area contributed by atoms with Gasteiger partial charge in [0, 0.05) is 24.7 Å². The molecule has 1 aromatic heterocycles. The van der Waals surface area contributed by atoms with Crippen LogP contribution in [0, 0.1) is 0 Å². The first-order chi connectivity index (χ1) is 11.3. The molecular formula is C16H14Cl2N2O3S. The quantitative estimate of drug-likeness (QED) is 0.744. The summed E-state index contributed by atoms with van der Waals surface area (Å²) < 4.78 is 23.4. The van der Waals surface area contributed by atoms with E-state index in [9.17, 15) is 13.2 Å². The Morgan fingerprint density at radius 3 is 2.67 bits per heavy atom. The molecule has 0 radical (unpaired) electrons. The standard InChI is InChI=1S/C16H14Cl2N2O3S/c1-24(22,23)12-4-5-14-10(7-12)3-2-6-20(14)16(21)11-8-13(17)15(18)19-9-11/h4-5,7-9H,2-3,6H2,1H3. The average molecular weight is 385 g/mol. The fourth-order valence-corrected chi connectivity index (χ4v) is 3.65. The maximum Gasteiger partial charge on any atom is 0.259 e. The number of carbonyl (C=O) groups excluding carboxylic acids is 1. The molecule has 5 nitrogen and oxygen atoms in total. The lowest BCUT2D eigenvalue weighted by Gasteiger charge is -2.30. The minimum atomic E-state index is -3.28. The third-order valence-corrected chi connectivity index (χ3v) is 5.68. The number of amides is 1. The van der Waals surface area contributed by atoms with Gasteiger partial charge in [0.15, 0.2) is 9.84 Å². The van der Waals surface area contributed by atoms with E-state index < -0.39 is 9.84 Å². The molecule has 8 heteroatoms. The highest BCUT2D eigenvalue weighted by molar-refractivity contribution is 7.90. The van der Waals surface area contributed by atoms with E-state index in [0.717, 1.165) is 18.4 Å². The van der Waals surface area contributed by atoms with Crippen molar-refractivity contribution in [2.45, 2.75) is 17.7 Å². The lowest BCUT2D eigenvalue weighted by Crippen LogP contribution is -2.35. The molecule has 1 aliphatic rings. The number of hydrogen-bond acceptors (Lipinski definition) is 4. The number of rotatable bonds is 2. The van der Waals surface area contributed by atoms with Crippen LogP contribution in [0.15, 0.2) is 35.4 Å². The van der Waals surface area contributed by atoms with Crippen LogP contribution in [-0.4, -0.2) is 32.1 Å². The number of fused-ring (bicyclic) bond motifs is 1. The van der Waals surface area contributed by atoms with Crippen LogP contribution in [0.25, 0.3) is 0 Å². The van der Waals surface area contributed by atoms with Gasteiger partial charge < -0.3 is 4.90 Å². The molecule has 2 aromatic rings. The normalized spacial score (nSPS) is 14.4. The second-order valence-corrected chi connectivity index (χ2v) is 8.40. The lowest BCUT2D eigenvalue weighted by atomic mass is 10.0.